The summed E-state index contributed by atoms with van der Waals surface area (Å²) in [6.45, 7) is 5.77. The van der Waals surface area contributed by atoms with Crippen LogP contribution >= 0.6 is 12.4 Å². The number of methoxy groups -OCH3 is 1. The number of likely N-dealkylation sites (tertiary alicyclic amines) is 1. The third kappa shape index (κ3) is 4.88. The second-order valence-corrected chi connectivity index (χ2v) is 5.66. The van der Waals surface area contributed by atoms with Gasteiger partial charge >= 0.3 is 0 Å². The molecule has 2 aliphatic rings. The molecular formula is C14H27ClN2O3. The number of nitrogens with zero attached hydrogens (tertiary/aromatic N) is 1. The van der Waals surface area contributed by atoms with Crippen molar-refractivity contribution >= 4 is 18.3 Å². The van der Waals surface area contributed by atoms with Gasteiger partial charge in [0.25, 0.3) is 0 Å². The summed E-state index contributed by atoms with van der Waals surface area (Å²) >= 11 is 0. The average molecular weight is 307 g/mol. The molecule has 0 atom stereocenters. The first-order chi connectivity index (χ1) is 9.26. The molecule has 1 N–H and O–H groups in total. The van der Waals surface area contributed by atoms with Crippen molar-refractivity contribution in [3.63, 3.8) is 0 Å². The van der Waals surface area contributed by atoms with Crippen molar-refractivity contribution in [2.24, 2.45) is 5.41 Å². The van der Waals surface area contributed by atoms with E-state index in [-0.39, 0.29) is 18.3 Å². The molecule has 1 amide bonds. The zero-order chi connectivity index (χ0) is 13.6. The van der Waals surface area contributed by atoms with Gasteiger partial charge in [0, 0.05) is 26.7 Å². The molecule has 1 spiro atoms. The highest BCUT2D eigenvalue weighted by molar-refractivity contribution is 5.85. The van der Waals surface area contributed by atoms with E-state index in [0.717, 1.165) is 39.0 Å². The highest BCUT2D eigenvalue weighted by atomic mass is 35.5. The zero-order valence-electron chi connectivity index (χ0n) is 12.4. The van der Waals surface area contributed by atoms with Crippen LogP contribution in [0.3, 0.4) is 0 Å². The minimum atomic E-state index is 0. The third-order valence-corrected chi connectivity index (χ3v) is 4.40. The second kappa shape index (κ2) is 8.82. The molecule has 0 aromatic heterocycles. The second-order valence-electron chi connectivity index (χ2n) is 5.66. The molecule has 0 radical (unpaired) electrons. The number of rotatable bonds is 6. The predicted molar refractivity (Wildman–Crippen MR) is 80.3 cm³/mol. The van der Waals surface area contributed by atoms with Gasteiger partial charge in [-0.1, -0.05) is 0 Å². The lowest BCUT2D eigenvalue weighted by Crippen LogP contribution is -2.44. The Labute approximate surface area is 127 Å². The van der Waals surface area contributed by atoms with Crippen LogP contribution in [0.2, 0.25) is 0 Å². The van der Waals surface area contributed by atoms with Crippen molar-refractivity contribution in [2.75, 3.05) is 53.1 Å². The van der Waals surface area contributed by atoms with Gasteiger partial charge < -0.3 is 19.7 Å². The molecule has 0 aromatic carbocycles. The van der Waals surface area contributed by atoms with E-state index in [2.05, 4.69) is 5.32 Å². The molecular weight excluding hydrogens is 280 g/mol. The fourth-order valence-corrected chi connectivity index (χ4v) is 3.01. The molecule has 2 rings (SSSR count). The molecule has 2 fully saturated rings. The normalized spacial score (nSPS) is 20.9. The lowest BCUT2D eigenvalue weighted by Gasteiger charge is -2.38. The van der Waals surface area contributed by atoms with E-state index < -0.39 is 0 Å². The van der Waals surface area contributed by atoms with Crippen LogP contribution in [0.25, 0.3) is 0 Å². The van der Waals surface area contributed by atoms with E-state index >= 15 is 0 Å². The van der Waals surface area contributed by atoms with Crippen LogP contribution in [-0.2, 0) is 14.3 Å². The Morgan fingerprint density at radius 3 is 2.55 bits per heavy atom. The lowest BCUT2D eigenvalue weighted by molar-refractivity contribution is -0.134. The summed E-state index contributed by atoms with van der Waals surface area (Å²) < 4.78 is 10.2. The molecule has 0 bridgehead atoms. The number of amides is 1. The molecule has 2 aliphatic heterocycles. The van der Waals surface area contributed by atoms with Crippen molar-refractivity contribution in [1.82, 2.24) is 10.2 Å². The van der Waals surface area contributed by atoms with Crippen molar-refractivity contribution in [3.05, 3.63) is 0 Å². The molecule has 20 heavy (non-hydrogen) atoms. The van der Waals surface area contributed by atoms with E-state index in [1.165, 1.54) is 6.42 Å². The average Bonchev–Trinajstić information content (AvgIpc) is 2.87. The van der Waals surface area contributed by atoms with Gasteiger partial charge in [0.05, 0.1) is 26.2 Å². The van der Waals surface area contributed by atoms with Crippen LogP contribution in [0, 0.1) is 5.41 Å². The van der Waals surface area contributed by atoms with Gasteiger partial charge in [-0.2, -0.15) is 0 Å². The van der Waals surface area contributed by atoms with Gasteiger partial charge in [0.15, 0.2) is 0 Å². The first kappa shape index (κ1) is 17.7. The summed E-state index contributed by atoms with van der Waals surface area (Å²) in [5.41, 5.74) is 0.478. The van der Waals surface area contributed by atoms with Crippen molar-refractivity contribution < 1.29 is 14.3 Å². The lowest BCUT2D eigenvalue weighted by atomic mass is 9.78. The summed E-state index contributed by atoms with van der Waals surface area (Å²) in [6, 6.07) is 0. The highest BCUT2D eigenvalue weighted by Gasteiger charge is 2.37. The summed E-state index contributed by atoms with van der Waals surface area (Å²) in [5, 5.41) is 3.45. The smallest absolute Gasteiger partial charge is 0.224 e. The van der Waals surface area contributed by atoms with Gasteiger partial charge in [0.1, 0.15) is 0 Å². The Balaban J connectivity index is 0.00000200. The standard InChI is InChI=1S/C14H26N2O3.ClH/c1-18-10-11-19-9-2-13(17)16-7-4-14(5-8-16)3-6-15-12-14;/h15H,2-12H2,1H3;1H. The fraction of sp³-hybridized carbons (Fsp3) is 0.929. The molecule has 0 unspecified atom stereocenters. The molecule has 118 valence electrons. The monoisotopic (exact) mass is 306 g/mol. The first-order valence-electron chi connectivity index (χ1n) is 7.31. The van der Waals surface area contributed by atoms with E-state index in [0.29, 0.717) is 31.7 Å². The van der Waals surface area contributed by atoms with Crippen molar-refractivity contribution in [3.8, 4) is 0 Å². The Bertz CT molecular complexity index is 286. The molecule has 6 heteroatoms. The molecule has 2 saturated heterocycles. The SMILES string of the molecule is COCCOCCC(=O)N1CCC2(CCNC2)CC1.Cl. The molecule has 0 saturated carbocycles. The van der Waals surface area contributed by atoms with Gasteiger partial charge in [-0.25, -0.2) is 0 Å². The summed E-state index contributed by atoms with van der Waals surface area (Å²) in [7, 11) is 1.65. The van der Waals surface area contributed by atoms with Crippen LogP contribution < -0.4 is 5.32 Å². The summed E-state index contributed by atoms with van der Waals surface area (Å²) in [6.07, 6.45) is 4.07. The van der Waals surface area contributed by atoms with Crippen LogP contribution in [0.15, 0.2) is 0 Å². The Hall–Kier alpha value is -0.360. The van der Waals surface area contributed by atoms with Crippen LogP contribution in [0.4, 0.5) is 0 Å². The number of carbonyl (C=O) groups excluding carboxylic acids is 1. The van der Waals surface area contributed by atoms with Crippen LogP contribution in [0.1, 0.15) is 25.7 Å². The number of ether oxygens (including phenoxy) is 2. The topological polar surface area (TPSA) is 50.8 Å². The fourth-order valence-electron chi connectivity index (χ4n) is 3.01. The Morgan fingerprint density at radius 1 is 1.20 bits per heavy atom. The number of hydrogen-bond donors (Lipinski definition) is 1. The Morgan fingerprint density at radius 2 is 1.95 bits per heavy atom. The van der Waals surface area contributed by atoms with Gasteiger partial charge in [-0.3, -0.25) is 4.79 Å². The maximum absolute atomic E-state index is 12.0. The van der Waals surface area contributed by atoms with E-state index in [9.17, 15) is 4.79 Å². The van der Waals surface area contributed by atoms with Gasteiger partial charge in [-0.05, 0) is 31.2 Å². The molecule has 0 aromatic rings. The molecule has 0 aliphatic carbocycles. The van der Waals surface area contributed by atoms with Gasteiger partial charge in [-0.15, -0.1) is 12.4 Å². The number of hydrogen-bond acceptors (Lipinski definition) is 4. The van der Waals surface area contributed by atoms with Crippen molar-refractivity contribution in [2.45, 2.75) is 25.7 Å². The predicted octanol–water partition coefficient (Wildman–Crippen LogP) is 1.06. The van der Waals surface area contributed by atoms with Gasteiger partial charge in [0.2, 0.25) is 5.91 Å². The van der Waals surface area contributed by atoms with Crippen molar-refractivity contribution in [1.29, 1.82) is 0 Å². The summed E-state index contributed by atoms with van der Waals surface area (Å²) in [4.78, 5) is 14.0. The zero-order valence-corrected chi connectivity index (χ0v) is 13.2. The van der Waals surface area contributed by atoms with Crippen LogP contribution in [0.5, 0.6) is 0 Å². The highest BCUT2D eigenvalue weighted by Crippen LogP contribution is 2.36. The maximum atomic E-state index is 12.0. The minimum Gasteiger partial charge on any atom is -0.382 e. The molecule has 5 nitrogen and oxygen atoms in total. The first-order valence-corrected chi connectivity index (χ1v) is 7.31. The molecule has 2 heterocycles. The van der Waals surface area contributed by atoms with E-state index in [1.54, 1.807) is 7.11 Å². The largest absolute Gasteiger partial charge is 0.382 e. The quantitative estimate of drug-likeness (QED) is 0.746. The van der Waals surface area contributed by atoms with E-state index in [1.807, 2.05) is 4.90 Å². The maximum Gasteiger partial charge on any atom is 0.224 e. The van der Waals surface area contributed by atoms with E-state index in [4.69, 9.17) is 9.47 Å². The number of nitrogens with one attached hydrogen (secondary N) is 1. The third-order valence-electron chi connectivity index (χ3n) is 4.40. The number of halogens is 1. The number of carbonyl (C=O) groups is 1. The Kier molecular flexibility index (Phi) is 7.80. The number of piperidine rings is 1. The minimum absolute atomic E-state index is 0. The summed E-state index contributed by atoms with van der Waals surface area (Å²) in [5.74, 6) is 0.234. The van der Waals surface area contributed by atoms with Crippen LogP contribution in [-0.4, -0.2) is 63.9 Å².